The predicted octanol–water partition coefficient (Wildman–Crippen LogP) is 1.14. The highest BCUT2D eigenvalue weighted by atomic mass is 32.2. The van der Waals surface area contributed by atoms with Crippen LogP contribution in [0.25, 0.3) is 0 Å². The minimum atomic E-state index is -3.69. The first-order valence-electron chi connectivity index (χ1n) is 6.84. The van der Waals surface area contributed by atoms with Gasteiger partial charge in [-0.05, 0) is 37.1 Å². The Morgan fingerprint density at radius 3 is 2.38 bits per heavy atom. The number of amides is 1. The monoisotopic (exact) mass is 314 g/mol. The quantitative estimate of drug-likeness (QED) is 0.753. The van der Waals surface area contributed by atoms with Crippen molar-refractivity contribution in [2.45, 2.75) is 25.7 Å². The van der Waals surface area contributed by atoms with Crippen molar-refractivity contribution in [2.24, 2.45) is 5.92 Å². The number of rotatable bonds is 8. The van der Waals surface area contributed by atoms with Gasteiger partial charge in [0.25, 0.3) is 0 Å². The van der Waals surface area contributed by atoms with E-state index in [0.717, 1.165) is 0 Å². The van der Waals surface area contributed by atoms with Gasteiger partial charge in [0.1, 0.15) is 5.75 Å². The van der Waals surface area contributed by atoms with Crippen LogP contribution in [-0.2, 0) is 14.8 Å². The largest absolute Gasteiger partial charge is 0.494 e. The van der Waals surface area contributed by atoms with E-state index in [0.29, 0.717) is 24.8 Å². The topological polar surface area (TPSA) is 84.5 Å². The molecule has 0 spiro atoms. The molecule has 0 heterocycles. The Kier molecular flexibility index (Phi) is 6.64. The number of sulfonamides is 1. The number of carbonyl (C=O) groups excluding carboxylic acids is 1. The van der Waals surface area contributed by atoms with Crippen LogP contribution in [0.2, 0.25) is 0 Å². The summed E-state index contributed by atoms with van der Waals surface area (Å²) in [5.74, 6) is 0.570. The standard InChI is InChI=1S/C14H22N2O4S/c1-4-20-12-5-7-13(8-6-12)21(18,19)16-10-14(17)15-9-11(2)3/h5-8,11,16H,4,9-10H2,1-3H3,(H,15,17). The molecule has 118 valence electrons. The molecule has 0 aliphatic carbocycles. The number of carbonyl (C=O) groups is 1. The minimum Gasteiger partial charge on any atom is -0.494 e. The summed E-state index contributed by atoms with van der Waals surface area (Å²) in [6.45, 7) is 6.53. The highest BCUT2D eigenvalue weighted by Gasteiger charge is 2.15. The average molecular weight is 314 g/mol. The van der Waals surface area contributed by atoms with Gasteiger partial charge in [-0.15, -0.1) is 0 Å². The van der Waals surface area contributed by atoms with E-state index < -0.39 is 10.0 Å². The number of ether oxygens (including phenoxy) is 1. The van der Waals surface area contributed by atoms with Crippen LogP contribution in [0.1, 0.15) is 20.8 Å². The van der Waals surface area contributed by atoms with Crippen LogP contribution in [0.5, 0.6) is 5.75 Å². The maximum absolute atomic E-state index is 12.0. The van der Waals surface area contributed by atoms with Crippen LogP contribution >= 0.6 is 0 Å². The molecule has 0 aliphatic heterocycles. The van der Waals surface area contributed by atoms with Crippen molar-refractivity contribution in [1.82, 2.24) is 10.0 Å². The molecule has 1 amide bonds. The van der Waals surface area contributed by atoms with Gasteiger partial charge in [0.05, 0.1) is 18.0 Å². The van der Waals surface area contributed by atoms with Crippen LogP contribution in [-0.4, -0.2) is 34.0 Å². The smallest absolute Gasteiger partial charge is 0.241 e. The molecule has 1 aromatic carbocycles. The fraction of sp³-hybridized carbons (Fsp3) is 0.500. The normalized spacial score (nSPS) is 11.4. The predicted molar refractivity (Wildman–Crippen MR) is 80.6 cm³/mol. The third-order valence-electron chi connectivity index (χ3n) is 2.58. The molecule has 2 N–H and O–H groups in total. The summed E-state index contributed by atoms with van der Waals surface area (Å²) in [4.78, 5) is 11.6. The van der Waals surface area contributed by atoms with Crippen molar-refractivity contribution < 1.29 is 17.9 Å². The zero-order chi connectivity index (χ0) is 15.9. The molecular weight excluding hydrogens is 292 g/mol. The summed E-state index contributed by atoms with van der Waals surface area (Å²) >= 11 is 0. The Balaban J connectivity index is 2.58. The molecule has 1 aromatic rings. The highest BCUT2D eigenvalue weighted by Crippen LogP contribution is 2.15. The molecule has 7 heteroatoms. The lowest BCUT2D eigenvalue weighted by atomic mass is 10.2. The maximum Gasteiger partial charge on any atom is 0.241 e. The Bertz CT molecular complexity index is 553. The van der Waals surface area contributed by atoms with E-state index in [2.05, 4.69) is 10.0 Å². The minimum absolute atomic E-state index is 0.0996. The molecule has 0 atom stereocenters. The Morgan fingerprint density at radius 2 is 1.86 bits per heavy atom. The van der Waals surface area contributed by atoms with Gasteiger partial charge in [0.15, 0.2) is 0 Å². The summed E-state index contributed by atoms with van der Waals surface area (Å²) in [5.41, 5.74) is 0. The van der Waals surface area contributed by atoms with Crippen LogP contribution < -0.4 is 14.8 Å². The summed E-state index contributed by atoms with van der Waals surface area (Å²) in [6, 6.07) is 6.05. The maximum atomic E-state index is 12.0. The third kappa shape index (κ3) is 6.14. The lowest BCUT2D eigenvalue weighted by Crippen LogP contribution is -2.38. The molecule has 6 nitrogen and oxygen atoms in total. The molecular formula is C14H22N2O4S. The Hall–Kier alpha value is -1.60. The van der Waals surface area contributed by atoms with Crippen LogP contribution in [0.3, 0.4) is 0 Å². The van der Waals surface area contributed by atoms with E-state index in [1.165, 1.54) is 12.1 Å². The summed E-state index contributed by atoms with van der Waals surface area (Å²) < 4.78 is 31.5. The third-order valence-corrected chi connectivity index (χ3v) is 3.99. The van der Waals surface area contributed by atoms with E-state index in [9.17, 15) is 13.2 Å². The lowest BCUT2D eigenvalue weighted by molar-refractivity contribution is -0.120. The first-order chi connectivity index (χ1) is 9.85. The molecule has 0 unspecified atom stereocenters. The number of nitrogens with one attached hydrogen (secondary N) is 2. The molecule has 1 rings (SSSR count). The lowest BCUT2D eigenvalue weighted by Gasteiger charge is -2.10. The van der Waals surface area contributed by atoms with Crippen molar-refractivity contribution in [3.05, 3.63) is 24.3 Å². The van der Waals surface area contributed by atoms with Crippen molar-refractivity contribution in [1.29, 1.82) is 0 Å². The van der Waals surface area contributed by atoms with Gasteiger partial charge >= 0.3 is 0 Å². The van der Waals surface area contributed by atoms with Gasteiger partial charge in [-0.1, -0.05) is 13.8 Å². The van der Waals surface area contributed by atoms with Crippen molar-refractivity contribution in [3.63, 3.8) is 0 Å². The van der Waals surface area contributed by atoms with Gasteiger partial charge in [-0.25, -0.2) is 13.1 Å². The number of hydrogen-bond acceptors (Lipinski definition) is 4. The molecule has 0 aromatic heterocycles. The highest BCUT2D eigenvalue weighted by molar-refractivity contribution is 7.89. The zero-order valence-corrected chi connectivity index (χ0v) is 13.4. The van der Waals surface area contributed by atoms with Crippen LogP contribution in [0.15, 0.2) is 29.2 Å². The molecule has 21 heavy (non-hydrogen) atoms. The van der Waals surface area contributed by atoms with Crippen molar-refractivity contribution in [2.75, 3.05) is 19.7 Å². The van der Waals surface area contributed by atoms with Crippen molar-refractivity contribution >= 4 is 15.9 Å². The molecule has 0 fully saturated rings. The summed E-state index contributed by atoms with van der Waals surface area (Å²) in [7, 11) is -3.69. The molecule has 0 bridgehead atoms. The first-order valence-corrected chi connectivity index (χ1v) is 8.32. The van der Waals surface area contributed by atoms with E-state index in [4.69, 9.17) is 4.74 Å². The molecule has 0 saturated carbocycles. The second-order valence-corrected chi connectivity index (χ2v) is 6.69. The molecule has 0 aliphatic rings. The summed E-state index contributed by atoms with van der Waals surface area (Å²) in [6.07, 6.45) is 0. The fourth-order valence-corrected chi connectivity index (χ4v) is 2.49. The summed E-state index contributed by atoms with van der Waals surface area (Å²) in [5, 5.41) is 2.65. The van der Waals surface area contributed by atoms with Gasteiger partial charge in [0.2, 0.25) is 15.9 Å². The molecule has 0 saturated heterocycles. The van der Waals surface area contributed by atoms with Gasteiger partial charge < -0.3 is 10.1 Å². The van der Waals surface area contributed by atoms with E-state index in [1.807, 2.05) is 20.8 Å². The van der Waals surface area contributed by atoms with Gasteiger partial charge in [-0.2, -0.15) is 0 Å². The first kappa shape index (κ1) is 17.5. The van der Waals surface area contributed by atoms with E-state index in [-0.39, 0.29) is 17.3 Å². The number of benzene rings is 1. The number of hydrogen-bond donors (Lipinski definition) is 2. The van der Waals surface area contributed by atoms with Gasteiger partial charge in [-0.3, -0.25) is 4.79 Å². The SMILES string of the molecule is CCOc1ccc(S(=O)(=O)NCC(=O)NCC(C)C)cc1. The van der Waals surface area contributed by atoms with Gasteiger partial charge in [0, 0.05) is 6.54 Å². The van der Waals surface area contributed by atoms with Crippen LogP contribution in [0, 0.1) is 5.92 Å². The Morgan fingerprint density at radius 1 is 1.24 bits per heavy atom. The second-order valence-electron chi connectivity index (χ2n) is 4.93. The second kappa shape index (κ2) is 7.99. The van der Waals surface area contributed by atoms with E-state index in [1.54, 1.807) is 12.1 Å². The average Bonchev–Trinajstić information content (AvgIpc) is 2.44. The zero-order valence-electron chi connectivity index (χ0n) is 12.5. The van der Waals surface area contributed by atoms with Crippen LogP contribution in [0.4, 0.5) is 0 Å². The Labute approximate surface area is 125 Å². The fourth-order valence-electron chi connectivity index (χ4n) is 1.51. The van der Waals surface area contributed by atoms with Crippen molar-refractivity contribution in [3.8, 4) is 5.75 Å². The van der Waals surface area contributed by atoms with E-state index >= 15 is 0 Å². The molecule has 0 radical (unpaired) electrons.